The van der Waals surface area contributed by atoms with Crippen LogP contribution in [0.15, 0.2) is 24.8 Å². The van der Waals surface area contributed by atoms with Gasteiger partial charge in [-0.1, -0.05) is 50.1 Å². The summed E-state index contributed by atoms with van der Waals surface area (Å²) in [5.74, 6) is -1.37. The highest BCUT2D eigenvalue weighted by molar-refractivity contribution is 5.90. The average Bonchev–Trinajstić information content (AvgIpc) is 3.52. The van der Waals surface area contributed by atoms with Crippen LogP contribution in [0.3, 0.4) is 0 Å². The lowest BCUT2D eigenvalue weighted by molar-refractivity contribution is -0.152. The molecule has 10 nitrogen and oxygen atoms in total. The molecular formula is C30H41N3O7. The van der Waals surface area contributed by atoms with E-state index in [1.807, 2.05) is 18.2 Å². The molecule has 1 saturated carbocycles. The molecular weight excluding hydrogens is 514 g/mol. The molecule has 1 aliphatic carbocycles. The van der Waals surface area contributed by atoms with Gasteiger partial charge in [0.2, 0.25) is 5.91 Å². The van der Waals surface area contributed by atoms with E-state index in [-0.39, 0.29) is 37.3 Å². The van der Waals surface area contributed by atoms with Gasteiger partial charge >= 0.3 is 18.2 Å². The second-order valence-electron chi connectivity index (χ2n) is 12.0. The summed E-state index contributed by atoms with van der Waals surface area (Å²) in [6, 6.07) is 3.38. The first kappa shape index (κ1) is 29.4. The van der Waals surface area contributed by atoms with Crippen LogP contribution < -0.4 is 5.32 Å². The summed E-state index contributed by atoms with van der Waals surface area (Å²) in [7, 11) is 1.28. The van der Waals surface area contributed by atoms with Gasteiger partial charge in [-0.2, -0.15) is 0 Å². The number of benzene rings is 1. The number of nitrogens with one attached hydrogen (secondary N) is 1. The Morgan fingerprint density at radius 2 is 1.82 bits per heavy atom. The van der Waals surface area contributed by atoms with E-state index in [2.05, 4.69) is 11.9 Å². The summed E-state index contributed by atoms with van der Waals surface area (Å²) in [4.78, 5) is 55.2. The van der Waals surface area contributed by atoms with Crippen molar-refractivity contribution in [2.75, 3.05) is 13.7 Å². The summed E-state index contributed by atoms with van der Waals surface area (Å²) in [6.45, 7) is 9.50. The van der Waals surface area contributed by atoms with Gasteiger partial charge in [-0.3, -0.25) is 9.69 Å². The Bertz CT molecular complexity index is 1150. The number of methoxy groups -OCH3 is 1. The first-order valence-corrected chi connectivity index (χ1v) is 14.1. The van der Waals surface area contributed by atoms with Gasteiger partial charge in [0, 0.05) is 12.5 Å². The average molecular weight is 556 g/mol. The molecule has 1 unspecified atom stereocenters. The molecule has 218 valence electrons. The van der Waals surface area contributed by atoms with Gasteiger partial charge in [0.15, 0.2) is 0 Å². The van der Waals surface area contributed by atoms with Crippen LogP contribution in [0.25, 0.3) is 6.08 Å². The molecule has 3 amide bonds. The first-order chi connectivity index (χ1) is 18.9. The van der Waals surface area contributed by atoms with Crippen molar-refractivity contribution in [3.8, 4) is 0 Å². The monoisotopic (exact) mass is 555 g/mol. The maximum Gasteiger partial charge on any atom is 0.408 e. The molecule has 40 heavy (non-hydrogen) atoms. The van der Waals surface area contributed by atoms with Crippen molar-refractivity contribution >= 4 is 30.1 Å². The molecule has 0 spiro atoms. The summed E-state index contributed by atoms with van der Waals surface area (Å²) in [6.07, 6.45) is 4.73. The van der Waals surface area contributed by atoms with Crippen molar-refractivity contribution in [2.45, 2.75) is 89.6 Å². The maximum atomic E-state index is 14.2. The Morgan fingerprint density at radius 1 is 1.12 bits per heavy atom. The second-order valence-corrected chi connectivity index (χ2v) is 12.0. The number of esters is 1. The number of amides is 3. The molecule has 0 radical (unpaired) electrons. The van der Waals surface area contributed by atoms with E-state index in [4.69, 9.17) is 9.47 Å². The van der Waals surface area contributed by atoms with Crippen LogP contribution in [-0.4, -0.2) is 70.3 Å². The van der Waals surface area contributed by atoms with Gasteiger partial charge in [0.25, 0.3) is 0 Å². The van der Waals surface area contributed by atoms with Gasteiger partial charge < -0.3 is 24.8 Å². The van der Waals surface area contributed by atoms with E-state index in [1.165, 1.54) is 16.9 Å². The molecule has 0 aromatic heterocycles. The fraction of sp³-hybridized carbons (Fsp3) is 0.600. The molecule has 2 heterocycles. The number of fused-ring (bicyclic) bond motifs is 1. The Morgan fingerprint density at radius 3 is 2.42 bits per heavy atom. The van der Waals surface area contributed by atoms with Crippen molar-refractivity contribution in [3.63, 3.8) is 0 Å². The second kappa shape index (κ2) is 11.9. The molecule has 4 rings (SSSR count). The van der Waals surface area contributed by atoms with Gasteiger partial charge in [0.05, 0.1) is 19.7 Å². The molecule has 1 aromatic rings. The van der Waals surface area contributed by atoms with Gasteiger partial charge in [-0.25, -0.2) is 14.4 Å². The van der Waals surface area contributed by atoms with Crippen LogP contribution in [0.5, 0.6) is 0 Å². The number of alkyl carbamates (subject to hydrolysis) is 1. The minimum atomic E-state index is -1.07. The maximum absolute atomic E-state index is 14.2. The highest BCUT2D eigenvalue weighted by Crippen LogP contribution is 2.45. The van der Waals surface area contributed by atoms with E-state index in [9.17, 15) is 24.3 Å². The summed E-state index contributed by atoms with van der Waals surface area (Å²) < 4.78 is 10.6. The molecule has 10 heteroatoms. The number of carbonyl (C=O) groups is 4. The van der Waals surface area contributed by atoms with Crippen LogP contribution in [0.1, 0.15) is 82.0 Å². The third-order valence-electron chi connectivity index (χ3n) is 8.29. The SMILES string of the molecule is C=Cc1cccc2c1CN(C(=O)O)C2[C@@H]1C[C@@H](C(=O)OC)N(C(=O)[C@@H](NC(=O)OC(C)(C)C)C2CCCCC2)C1. The van der Waals surface area contributed by atoms with Crippen molar-refractivity contribution < 1.29 is 33.8 Å². The molecule has 0 bridgehead atoms. The van der Waals surface area contributed by atoms with E-state index in [1.54, 1.807) is 26.8 Å². The predicted molar refractivity (Wildman–Crippen MR) is 148 cm³/mol. The van der Waals surface area contributed by atoms with Crippen LogP contribution in [0.4, 0.5) is 9.59 Å². The van der Waals surface area contributed by atoms with Gasteiger partial charge in [-0.05, 0) is 62.6 Å². The molecule has 2 fully saturated rings. The number of nitrogens with zero attached hydrogens (tertiary/aromatic N) is 2. The van der Waals surface area contributed by atoms with Gasteiger partial charge in [-0.15, -0.1) is 0 Å². The predicted octanol–water partition coefficient (Wildman–Crippen LogP) is 4.73. The first-order valence-electron chi connectivity index (χ1n) is 14.1. The van der Waals surface area contributed by atoms with Gasteiger partial charge in [0.1, 0.15) is 17.7 Å². The quantitative estimate of drug-likeness (QED) is 0.486. The van der Waals surface area contributed by atoms with E-state index >= 15 is 0 Å². The topological polar surface area (TPSA) is 125 Å². The number of hydrogen-bond donors (Lipinski definition) is 2. The standard InChI is InChI=1S/C30H41N3O7/c1-6-18-13-10-14-21-22(18)17-33(29(37)38)25(21)20-15-23(27(35)39-5)32(16-20)26(34)24(19-11-8-7-9-12-19)31-28(36)40-30(2,3)4/h6,10,13-14,19-20,23-25H,1,7-9,11-12,15-17H2,2-5H3,(H,31,36)(H,37,38)/t20-,23+,24+,25?/m1/s1. The van der Waals surface area contributed by atoms with E-state index < -0.39 is 41.9 Å². The fourth-order valence-electron chi connectivity index (χ4n) is 6.57. The zero-order valence-electron chi connectivity index (χ0n) is 23.9. The van der Waals surface area contributed by atoms with Crippen molar-refractivity contribution in [3.05, 3.63) is 41.5 Å². The zero-order chi connectivity index (χ0) is 29.2. The summed E-state index contributed by atoms with van der Waals surface area (Å²) >= 11 is 0. The normalized spacial score (nSPS) is 23.8. The summed E-state index contributed by atoms with van der Waals surface area (Å²) in [5, 5.41) is 12.9. The Kier molecular flexibility index (Phi) is 8.75. The number of likely N-dealkylation sites (tertiary alicyclic amines) is 1. The summed E-state index contributed by atoms with van der Waals surface area (Å²) in [5.41, 5.74) is 1.87. The largest absolute Gasteiger partial charge is 0.467 e. The number of carbonyl (C=O) groups excluding carboxylic acids is 3. The van der Waals surface area contributed by atoms with Crippen molar-refractivity contribution in [1.82, 2.24) is 15.1 Å². The lowest BCUT2D eigenvalue weighted by atomic mass is 9.83. The molecule has 1 saturated heterocycles. The van der Waals surface area contributed by atoms with Crippen LogP contribution >= 0.6 is 0 Å². The molecule has 1 aromatic carbocycles. The molecule has 4 atom stereocenters. The fourth-order valence-corrected chi connectivity index (χ4v) is 6.57. The number of hydrogen-bond acceptors (Lipinski definition) is 6. The highest BCUT2D eigenvalue weighted by Gasteiger charge is 2.50. The van der Waals surface area contributed by atoms with Crippen molar-refractivity contribution in [2.24, 2.45) is 11.8 Å². The third-order valence-corrected chi connectivity index (χ3v) is 8.29. The van der Waals surface area contributed by atoms with E-state index in [0.717, 1.165) is 48.8 Å². The van der Waals surface area contributed by atoms with Crippen LogP contribution in [0.2, 0.25) is 0 Å². The van der Waals surface area contributed by atoms with Crippen LogP contribution in [0, 0.1) is 11.8 Å². The lowest BCUT2D eigenvalue weighted by Crippen LogP contribution is -2.55. The number of carboxylic acid groups (broad SMARTS) is 1. The lowest BCUT2D eigenvalue weighted by Gasteiger charge is -2.35. The smallest absolute Gasteiger partial charge is 0.408 e. The molecule has 2 N–H and O–H groups in total. The minimum absolute atomic E-state index is 0.0935. The molecule has 3 aliphatic rings. The number of ether oxygens (including phenoxy) is 2. The zero-order valence-corrected chi connectivity index (χ0v) is 23.9. The Balaban J connectivity index is 1.66. The minimum Gasteiger partial charge on any atom is -0.467 e. The Labute approximate surface area is 235 Å². The Hall–Kier alpha value is -3.56. The van der Waals surface area contributed by atoms with Crippen molar-refractivity contribution in [1.29, 1.82) is 0 Å². The molecule has 2 aliphatic heterocycles. The highest BCUT2D eigenvalue weighted by atomic mass is 16.6. The number of rotatable bonds is 6. The van der Waals surface area contributed by atoms with E-state index in [0.29, 0.717) is 0 Å². The van der Waals surface area contributed by atoms with Crippen LogP contribution in [-0.2, 0) is 25.6 Å². The third kappa shape index (κ3) is 6.10.